The summed E-state index contributed by atoms with van der Waals surface area (Å²) >= 11 is 0. The highest BCUT2D eigenvalue weighted by molar-refractivity contribution is 7.89. The summed E-state index contributed by atoms with van der Waals surface area (Å²) in [6.45, 7) is 3.06. The zero-order chi connectivity index (χ0) is 14.0. The van der Waals surface area contributed by atoms with Crippen LogP contribution in [0.1, 0.15) is 13.3 Å². The molecule has 0 aliphatic carbocycles. The second-order valence-electron chi connectivity index (χ2n) is 4.47. The van der Waals surface area contributed by atoms with Crippen molar-refractivity contribution in [3.05, 3.63) is 18.2 Å². The van der Waals surface area contributed by atoms with E-state index in [4.69, 9.17) is 10.5 Å². The number of hydrogen-bond acceptors (Lipinski definition) is 5. The molecule has 1 aliphatic heterocycles. The number of benzene rings is 1. The van der Waals surface area contributed by atoms with Gasteiger partial charge in [0.2, 0.25) is 10.0 Å². The van der Waals surface area contributed by atoms with E-state index in [2.05, 4.69) is 0 Å². The molecule has 0 amide bonds. The van der Waals surface area contributed by atoms with Crippen LogP contribution in [0.15, 0.2) is 23.1 Å². The van der Waals surface area contributed by atoms with Crippen molar-refractivity contribution in [2.45, 2.75) is 24.3 Å². The second-order valence-corrected chi connectivity index (χ2v) is 6.36. The molecular weight excluding hydrogens is 268 g/mol. The molecule has 106 valence electrons. The molecule has 1 saturated heterocycles. The molecule has 0 radical (unpaired) electrons. The lowest BCUT2D eigenvalue weighted by molar-refractivity contribution is 0.0314. The van der Waals surface area contributed by atoms with E-state index in [0.717, 1.165) is 0 Å². The Bertz CT molecular complexity index is 559. The molecule has 0 spiro atoms. The summed E-state index contributed by atoms with van der Waals surface area (Å²) in [5, 5.41) is 9.36. The van der Waals surface area contributed by atoms with Crippen molar-refractivity contribution in [2.24, 2.45) is 0 Å². The largest absolute Gasteiger partial charge is 0.506 e. The molecule has 3 N–H and O–H groups in total. The molecule has 0 saturated carbocycles. The molecule has 1 atom stereocenters. The van der Waals surface area contributed by atoms with Gasteiger partial charge in [0.05, 0.1) is 23.8 Å². The van der Waals surface area contributed by atoms with E-state index in [1.54, 1.807) is 0 Å². The number of nitrogens with zero attached hydrogens (tertiary/aromatic N) is 1. The monoisotopic (exact) mass is 286 g/mol. The first-order valence-electron chi connectivity index (χ1n) is 6.15. The molecule has 0 bridgehead atoms. The van der Waals surface area contributed by atoms with Gasteiger partial charge < -0.3 is 15.6 Å². The number of ether oxygens (including phenoxy) is 1. The fourth-order valence-corrected chi connectivity index (χ4v) is 3.81. The van der Waals surface area contributed by atoms with Crippen molar-refractivity contribution in [1.82, 2.24) is 4.31 Å². The van der Waals surface area contributed by atoms with E-state index < -0.39 is 10.0 Å². The summed E-state index contributed by atoms with van der Waals surface area (Å²) < 4.78 is 31.9. The van der Waals surface area contributed by atoms with Gasteiger partial charge in [-0.3, -0.25) is 0 Å². The van der Waals surface area contributed by atoms with E-state index in [1.165, 1.54) is 22.5 Å². The molecule has 0 aromatic heterocycles. The molecule has 1 fully saturated rings. The van der Waals surface area contributed by atoms with Crippen LogP contribution in [0.25, 0.3) is 0 Å². The molecule has 1 unspecified atom stereocenters. The Morgan fingerprint density at radius 2 is 2.26 bits per heavy atom. The average molecular weight is 286 g/mol. The molecule has 6 nitrogen and oxygen atoms in total. The van der Waals surface area contributed by atoms with Crippen LogP contribution < -0.4 is 5.73 Å². The highest BCUT2D eigenvalue weighted by Gasteiger charge is 2.33. The maximum Gasteiger partial charge on any atom is 0.243 e. The Kier molecular flexibility index (Phi) is 3.98. The number of phenolic OH excluding ortho intramolecular Hbond substituents is 1. The normalized spacial score (nSPS) is 21.4. The van der Waals surface area contributed by atoms with Crippen LogP contribution in [0, 0.1) is 0 Å². The van der Waals surface area contributed by atoms with Crippen molar-refractivity contribution in [3.8, 4) is 5.75 Å². The predicted molar refractivity (Wildman–Crippen MR) is 71.3 cm³/mol. The first-order valence-corrected chi connectivity index (χ1v) is 7.59. The quantitative estimate of drug-likeness (QED) is 0.632. The summed E-state index contributed by atoms with van der Waals surface area (Å²) in [5.41, 5.74) is 5.61. The number of phenols is 1. The highest BCUT2D eigenvalue weighted by Crippen LogP contribution is 2.27. The van der Waals surface area contributed by atoms with Crippen molar-refractivity contribution in [2.75, 3.05) is 25.5 Å². The fourth-order valence-electron chi connectivity index (χ4n) is 2.11. The van der Waals surface area contributed by atoms with Gasteiger partial charge in [0.1, 0.15) is 5.75 Å². The van der Waals surface area contributed by atoms with Crippen molar-refractivity contribution in [1.29, 1.82) is 0 Å². The van der Waals surface area contributed by atoms with Gasteiger partial charge in [-0.25, -0.2) is 8.42 Å². The third-order valence-electron chi connectivity index (χ3n) is 3.25. The van der Waals surface area contributed by atoms with E-state index in [9.17, 15) is 13.5 Å². The molecular formula is C12H18N2O4S. The molecule has 1 aliphatic rings. The van der Waals surface area contributed by atoms with Crippen molar-refractivity contribution >= 4 is 15.7 Å². The molecule has 1 heterocycles. The highest BCUT2D eigenvalue weighted by atomic mass is 32.2. The van der Waals surface area contributed by atoms with Crippen molar-refractivity contribution < 1.29 is 18.3 Å². The smallest absolute Gasteiger partial charge is 0.243 e. The van der Waals surface area contributed by atoms with Crippen LogP contribution in [0.2, 0.25) is 0 Å². The Hall–Kier alpha value is -1.31. The van der Waals surface area contributed by atoms with E-state index >= 15 is 0 Å². The summed E-state index contributed by atoms with van der Waals surface area (Å²) in [4.78, 5) is 0.100. The van der Waals surface area contributed by atoms with E-state index in [1.807, 2.05) is 6.92 Å². The van der Waals surface area contributed by atoms with Gasteiger partial charge in [-0.05, 0) is 24.6 Å². The SMILES string of the molecule is CCC1COCCN1S(=O)(=O)c1ccc(O)c(N)c1. The lowest BCUT2D eigenvalue weighted by Crippen LogP contribution is -2.48. The standard InChI is InChI=1S/C12H18N2O4S/c1-2-9-8-18-6-5-14(9)19(16,17)10-3-4-12(15)11(13)7-10/h3-4,7,9,15H,2,5-6,8,13H2,1H3. The Morgan fingerprint density at radius 1 is 1.53 bits per heavy atom. The molecule has 7 heteroatoms. The zero-order valence-electron chi connectivity index (χ0n) is 10.7. The molecule has 2 rings (SSSR count). The Labute approximate surface area is 112 Å². The minimum absolute atomic E-state index is 0.0578. The Balaban J connectivity index is 2.37. The fraction of sp³-hybridized carbons (Fsp3) is 0.500. The number of morpholine rings is 1. The number of hydrogen-bond donors (Lipinski definition) is 2. The third kappa shape index (κ3) is 2.68. The Morgan fingerprint density at radius 3 is 2.89 bits per heavy atom. The van der Waals surface area contributed by atoms with Gasteiger partial charge >= 0.3 is 0 Å². The molecule has 1 aromatic carbocycles. The topological polar surface area (TPSA) is 92.9 Å². The van der Waals surface area contributed by atoms with Crippen molar-refractivity contribution in [3.63, 3.8) is 0 Å². The van der Waals surface area contributed by atoms with E-state index in [-0.39, 0.29) is 22.4 Å². The zero-order valence-corrected chi connectivity index (χ0v) is 11.6. The molecule has 19 heavy (non-hydrogen) atoms. The van der Waals surface area contributed by atoms with Gasteiger partial charge in [0, 0.05) is 12.6 Å². The first-order chi connectivity index (χ1) is 8.96. The van der Waals surface area contributed by atoms with Crippen LogP contribution >= 0.6 is 0 Å². The number of nitrogen functional groups attached to an aromatic ring is 1. The summed E-state index contributed by atoms with van der Waals surface area (Å²) in [6, 6.07) is 3.79. The van der Waals surface area contributed by atoms with Crippen LogP contribution in [0.5, 0.6) is 5.75 Å². The lowest BCUT2D eigenvalue weighted by atomic mass is 10.2. The van der Waals surface area contributed by atoms with Gasteiger partial charge in [-0.15, -0.1) is 0 Å². The number of sulfonamides is 1. The van der Waals surface area contributed by atoms with Gasteiger partial charge in [0.25, 0.3) is 0 Å². The number of rotatable bonds is 3. The van der Waals surface area contributed by atoms with Gasteiger partial charge in [0.15, 0.2) is 0 Å². The molecule has 1 aromatic rings. The number of nitrogens with two attached hydrogens (primary N) is 1. The van der Waals surface area contributed by atoms with Crippen LogP contribution in [0.4, 0.5) is 5.69 Å². The minimum Gasteiger partial charge on any atom is -0.506 e. The lowest BCUT2D eigenvalue weighted by Gasteiger charge is -2.34. The first kappa shape index (κ1) is 14.1. The van der Waals surface area contributed by atoms with Crippen LogP contribution in [0.3, 0.4) is 0 Å². The van der Waals surface area contributed by atoms with E-state index in [0.29, 0.717) is 26.2 Å². The average Bonchev–Trinajstić information content (AvgIpc) is 2.41. The van der Waals surface area contributed by atoms with Crippen LogP contribution in [-0.2, 0) is 14.8 Å². The number of anilines is 1. The van der Waals surface area contributed by atoms with Crippen LogP contribution in [-0.4, -0.2) is 43.6 Å². The summed E-state index contributed by atoms with van der Waals surface area (Å²) in [7, 11) is -3.60. The second kappa shape index (κ2) is 5.36. The minimum atomic E-state index is -3.60. The maximum absolute atomic E-state index is 12.6. The predicted octanol–water partition coefficient (Wildman–Crippen LogP) is 0.774. The third-order valence-corrected chi connectivity index (χ3v) is 5.20. The van der Waals surface area contributed by atoms with Gasteiger partial charge in [-0.1, -0.05) is 6.92 Å². The number of aromatic hydroxyl groups is 1. The summed E-state index contributed by atoms with van der Waals surface area (Å²) in [5.74, 6) is -0.118. The summed E-state index contributed by atoms with van der Waals surface area (Å²) in [6.07, 6.45) is 0.687. The van der Waals surface area contributed by atoms with Gasteiger partial charge in [-0.2, -0.15) is 4.31 Å². The maximum atomic E-state index is 12.6.